The fourth-order valence-corrected chi connectivity index (χ4v) is 0.702. The number of carbonyl (C=O) groups is 1. The van der Waals surface area contributed by atoms with Gasteiger partial charge in [0, 0.05) is 13.8 Å². The number of esters is 1. The van der Waals surface area contributed by atoms with Crippen LogP contribution in [-0.4, -0.2) is 22.2 Å². The predicted molar refractivity (Wildman–Crippen MR) is 41.4 cm³/mol. The Morgan fingerprint density at radius 1 is 1.80 bits per heavy atom. The second-order valence-corrected chi connectivity index (χ2v) is 2.43. The van der Waals surface area contributed by atoms with Crippen LogP contribution >= 0.6 is 0 Å². The van der Waals surface area contributed by atoms with Crippen LogP contribution in [0.1, 0.15) is 13.8 Å². The Labute approximate surface area is 63.6 Å². The number of hydrogen-bond acceptors (Lipinski definition) is 3. The van der Waals surface area contributed by atoms with E-state index in [0.717, 1.165) is 0 Å². The fourth-order valence-electron chi connectivity index (χ4n) is 0.452. The first-order valence-corrected chi connectivity index (χ1v) is 3.74. The molecule has 0 aliphatic heterocycles. The maximum Gasteiger partial charge on any atom is 0.305 e. The van der Waals surface area contributed by atoms with Crippen molar-refractivity contribution < 1.29 is 14.0 Å². The molecule has 0 spiro atoms. The van der Waals surface area contributed by atoms with E-state index in [1.54, 1.807) is 6.92 Å². The van der Waals surface area contributed by atoms with Crippen molar-refractivity contribution >= 4 is 16.5 Å². The van der Waals surface area contributed by atoms with Crippen LogP contribution in [0.2, 0.25) is 0 Å². The van der Waals surface area contributed by atoms with E-state index in [-0.39, 0.29) is 5.97 Å². The second kappa shape index (κ2) is 3.53. The van der Waals surface area contributed by atoms with Gasteiger partial charge in [-0.15, -0.1) is 0 Å². The van der Waals surface area contributed by atoms with Crippen molar-refractivity contribution in [3.8, 4) is 0 Å². The van der Waals surface area contributed by atoms with Gasteiger partial charge in [0.1, 0.15) is 0 Å². The smallest absolute Gasteiger partial charge is 0.305 e. The molecule has 1 unspecified atom stereocenters. The molecule has 3 nitrogen and oxygen atoms in total. The van der Waals surface area contributed by atoms with Crippen molar-refractivity contribution in [3.05, 3.63) is 12.7 Å². The molecule has 0 aromatic heterocycles. The van der Waals surface area contributed by atoms with Gasteiger partial charge in [0.2, 0.25) is 5.79 Å². The minimum absolute atomic E-state index is 0.363. The molecule has 4 heteroatoms. The van der Waals surface area contributed by atoms with E-state index in [1.807, 2.05) is 0 Å². The molecule has 0 N–H and O–H groups in total. The van der Waals surface area contributed by atoms with E-state index < -0.39 is 5.79 Å². The predicted octanol–water partition coefficient (Wildman–Crippen LogP) is -0.251. The van der Waals surface area contributed by atoms with Crippen LogP contribution in [0.25, 0.3) is 0 Å². The van der Waals surface area contributed by atoms with Crippen molar-refractivity contribution in [2.75, 3.05) is 0 Å². The van der Waals surface area contributed by atoms with E-state index in [9.17, 15) is 4.79 Å². The Morgan fingerprint density at radius 2 is 2.30 bits per heavy atom. The topological polar surface area (TPSA) is 35.5 Å². The zero-order valence-corrected chi connectivity index (χ0v) is 8.51. The van der Waals surface area contributed by atoms with Gasteiger partial charge in [-0.1, -0.05) is 6.58 Å². The molecule has 0 fully saturated rings. The van der Waals surface area contributed by atoms with Gasteiger partial charge in [0.25, 0.3) is 0 Å². The third kappa shape index (κ3) is 2.79. The maximum absolute atomic E-state index is 10.4. The van der Waals surface area contributed by atoms with Gasteiger partial charge in [-0.3, -0.25) is 4.79 Å². The summed E-state index contributed by atoms with van der Waals surface area (Å²) in [6, 6.07) is 0. The molecular formula is C6H12O3Si. The third-order valence-electron chi connectivity index (χ3n) is 1.12. The van der Waals surface area contributed by atoms with Crippen LogP contribution in [0.4, 0.5) is 0 Å². The molecule has 0 amide bonds. The highest BCUT2D eigenvalue weighted by atomic mass is 28.2. The molecule has 0 saturated heterocycles. The average molecular weight is 160 g/mol. The Hall–Kier alpha value is -0.613. The lowest BCUT2D eigenvalue weighted by Gasteiger charge is -2.23. The number of rotatable bonds is 3. The molecule has 0 bridgehead atoms. The normalized spacial score (nSPS) is 15.8. The van der Waals surface area contributed by atoms with Gasteiger partial charge in [0.15, 0.2) is 10.5 Å². The summed E-state index contributed by atoms with van der Waals surface area (Å²) in [6.45, 7) is 6.46. The van der Waals surface area contributed by atoms with Crippen molar-refractivity contribution in [3.63, 3.8) is 0 Å². The van der Waals surface area contributed by atoms with E-state index in [2.05, 4.69) is 6.58 Å². The van der Waals surface area contributed by atoms with Gasteiger partial charge in [0.05, 0.1) is 0 Å². The van der Waals surface area contributed by atoms with Gasteiger partial charge in [-0.25, -0.2) is 0 Å². The highest BCUT2D eigenvalue weighted by molar-refractivity contribution is 5.98. The van der Waals surface area contributed by atoms with Gasteiger partial charge in [-0.2, -0.15) is 0 Å². The third-order valence-corrected chi connectivity index (χ3v) is 1.93. The highest BCUT2D eigenvalue weighted by Gasteiger charge is 2.20. The monoisotopic (exact) mass is 160 g/mol. The summed E-state index contributed by atoms with van der Waals surface area (Å²) in [5.41, 5.74) is 0. The number of ether oxygens (including phenoxy) is 1. The lowest BCUT2D eigenvalue weighted by atomic mass is 10.3. The van der Waals surface area contributed by atoms with Crippen LogP contribution in [0.5, 0.6) is 0 Å². The van der Waals surface area contributed by atoms with Crippen LogP contribution in [0.3, 0.4) is 0 Å². The lowest BCUT2D eigenvalue weighted by molar-refractivity contribution is -0.174. The first-order valence-electron chi connectivity index (χ1n) is 2.92. The second-order valence-electron chi connectivity index (χ2n) is 2.02. The van der Waals surface area contributed by atoms with E-state index in [0.29, 0.717) is 10.5 Å². The van der Waals surface area contributed by atoms with Gasteiger partial charge >= 0.3 is 5.97 Å². The first kappa shape index (κ1) is 9.39. The molecule has 0 aliphatic carbocycles. The Bertz CT molecular complexity index is 146. The molecule has 10 heavy (non-hydrogen) atoms. The van der Waals surface area contributed by atoms with Crippen molar-refractivity contribution in [2.24, 2.45) is 0 Å². The molecule has 0 aliphatic rings. The lowest BCUT2D eigenvalue weighted by Crippen LogP contribution is -2.30. The molecule has 0 aromatic rings. The summed E-state index contributed by atoms with van der Waals surface area (Å²) in [4.78, 5) is 10.4. The van der Waals surface area contributed by atoms with Crippen LogP contribution in [-0.2, 0) is 14.0 Å². The van der Waals surface area contributed by atoms with Crippen molar-refractivity contribution in [1.29, 1.82) is 0 Å². The van der Waals surface area contributed by atoms with Crippen molar-refractivity contribution in [2.45, 2.75) is 19.6 Å². The van der Waals surface area contributed by atoms with E-state index in [1.165, 1.54) is 13.0 Å². The Morgan fingerprint density at radius 3 is 2.40 bits per heavy atom. The summed E-state index contributed by atoms with van der Waals surface area (Å²) in [6.07, 6.45) is 1.46. The molecule has 1 atom stereocenters. The fraction of sp³-hybridized carbons (Fsp3) is 0.500. The molecular weight excluding hydrogens is 148 g/mol. The molecule has 58 valence electrons. The summed E-state index contributed by atoms with van der Waals surface area (Å²) < 4.78 is 9.77. The van der Waals surface area contributed by atoms with E-state index in [4.69, 9.17) is 9.16 Å². The van der Waals surface area contributed by atoms with Crippen LogP contribution in [0, 0.1) is 0 Å². The Balaban J connectivity index is 4.05. The zero-order chi connectivity index (χ0) is 8.20. The van der Waals surface area contributed by atoms with Crippen LogP contribution < -0.4 is 0 Å². The quantitative estimate of drug-likeness (QED) is 0.247. The molecule has 0 aromatic carbocycles. The molecule has 0 heterocycles. The average Bonchev–Trinajstić information content (AvgIpc) is 1.87. The minimum Gasteiger partial charge on any atom is -0.431 e. The summed E-state index contributed by atoms with van der Waals surface area (Å²) >= 11 is 0. The standard InChI is InChI=1S/C6H12O3Si/c1-4-6(3,9-10)8-5(2)7/h4H,1H2,2-3,10H3. The van der Waals surface area contributed by atoms with Crippen LogP contribution in [0.15, 0.2) is 12.7 Å². The number of carbonyl (C=O) groups excluding carboxylic acids is 1. The first-order chi connectivity index (χ1) is 4.54. The van der Waals surface area contributed by atoms with Gasteiger partial charge < -0.3 is 9.16 Å². The summed E-state index contributed by atoms with van der Waals surface area (Å²) in [7, 11) is 0.513. The van der Waals surface area contributed by atoms with E-state index >= 15 is 0 Å². The summed E-state index contributed by atoms with van der Waals surface area (Å²) in [5.74, 6) is -1.28. The van der Waals surface area contributed by atoms with Crippen molar-refractivity contribution in [1.82, 2.24) is 0 Å². The number of hydrogen-bond donors (Lipinski definition) is 0. The Kier molecular flexibility index (Phi) is 3.31. The molecule has 0 radical (unpaired) electrons. The highest BCUT2D eigenvalue weighted by Crippen LogP contribution is 2.11. The summed E-state index contributed by atoms with van der Waals surface area (Å²) in [5, 5.41) is 0. The largest absolute Gasteiger partial charge is 0.431 e. The SMILES string of the molecule is C=CC(C)(O[SiH3])OC(C)=O. The maximum atomic E-state index is 10.4. The zero-order valence-electron chi connectivity index (χ0n) is 6.51. The minimum atomic E-state index is -0.919. The van der Waals surface area contributed by atoms with Gasteiger partial charge in [-0.05, 0) is 6.08 Å². The molecule has 0 rings (SSSR count). The molecule has 0 saturated carbocycles.